The minimum atomic E-state index is -0.163. The molecule has 0 radical (unpaired) electrons. The van der Waals surface area contributed by atoms with Gasteiger partial charge in [0.2, 0.25) is 0 Å². The lowest BCUT2D eigenvalue weighted by Gasteiger charge is -2.33. The average Bonchev–Trinajstić information content (AvgIpc) is 1.79. The molecule has 0 aromatic carbocycles. The number of ether oxygens (including phenoxy) is 2. The Morgan fingerprint density at radius 2 is 2.00 bits per heavy atom. The van der Waals surface area contributed by atoms with Crippen LogP contribution in [0.3, 0.4) is 0 Å². The third-order valence-electron chi connectivity index (χ3n) is 1.97. The maximum Gasteiger partial charge on any atom is 0.0862 e. The quantitative estimate of drug-likeness (QED) is 0.701. The second-order valence-corrected chi connectivity index (χ2v) is 4.52. The maximum absolute atomic E-state index is 5.71. The smallest absolute Gasteiger partial charge is 0.0862 e. The SMILES string of the molecule is CC(C)OC(C)(C)COC1CNC1. The van der Waals surface area contributed by atoms with Crippen LogP contribution in [0.25, 0.3) is 0 Å². The minimum absolute atomic E-state index is 0.163. The molecule has 1 aliphatic heterocycles. The first-order valence-electron chi connectivity index (χ1n) is 5.00. The summed E-state index contributed by atoms with van der Waals surface area (Å²) < 4.78 is 11.4. The lowest BCUT2D eigenvalue weighted by Crippen LogP contribution is -2.50. The predicted molar refractivity (Wildman–Crippen MR) is 52.9 cm³/mol. The van der Waals surface area contributed by atoms with Gasteiger partial charge in [-0.2, -0.15) is 0 Å². The molecule has 1 rings (SSSR count). The van der Waals surface area contributed by atoms with Crippen LogP contribution in [0, 0.1) is 0 Å². The molecule has 1 N–H and O–H groups in total. The van der Waals surface area contributed by atoms with Crippen molar-refractivity contribution in [2.24, 2.45) is 0 Å². The van der Waals surface area contributed by atoms with Gasteiger partial charge in [-0.15, -0.1) is 0 Å². The molecule has 0 spiro atoms. The molecule has 0 amide bonds. The third kappa shape index (κ3) is 4.07. The van der Waals surface area contributed by atoms with Gasteiger partial charge in [0.05, 0.1) is 24.4 Å². The molecule has 0 atom stereocenters. The van der Waals surface area contributed by atoms with Gasteiger partial charge in [0.25, 0.3) is 0 Å². The molecule has 1 fully saturated rings. The van der Waals surface area contributed by atoms with Gasteiger partial charge in [0.15, 0.2) is 0 Å². The Bertz CT molecular complexity index is 153. The van der Waals surface area contributed by atoms with Gasteiger partial charge >= 0.3 is 0 Å². The average molecular weight is 187 g/mol. The summed E-state index contributed by atoms with van der Waals surface area (Å²) in [6.07, 6.45) is 0.660. The van der Waals surface area contributed by atoms with Crippen molar-refractivity contribution in [3.8, 4) is 0 Å². The molecule has 0 aliphatic carbocycles. The predicted octanol–water partition coefficient (Wildman–Crippen LogP) is 1.18. The van der Waals surface area contributed by atoms with Crippen molar-refractivity contribution in [2.75, 3.05) is 19.7 Å². The van der Waals surface area contributed by atoms with E-state index in [-0.39, 0.29) is 11.7 Å². The van der Waals surface area contributed by atoms with Crippen LogP contribution < -0.4 is 5.32 Å². The van der Waals surface area contributed by atoms with Crippen molar-refractivity contribution >= 4 is 0 Å². The van der Waals surface area contributed by atoms with Gasteiger partial charge in [0, 0.05) is 13.1 Å². The lowest BCUT2D eigenvalue weighted by atomic mass is 10.1. The first-order chi connectivity index (χ1) is 5.99. The number of hydrogen-bond acceptors (Lipinski definition) is 3. The molecule has 0 saturated carbocycles. The molecular weight excluding hydrogens is 166 g/mol. The zero-order chi connectivity index (χ0) is 9.90. The highest BCUT2D eigenvalue weighted by atomic mass is 16.6. The Hall–Kier alpha value is -0.120. The zero-order valence-electron chi connectivity index (χ0n) is 9.09. The van der Waals surface area contributed by atoms with E-state index in [0.717, 1.165) is 13.1 Å². The van der Waals surface area contributed by atoms with Crippen LogP contribution in [0.15, 0.2) is 0 Å². The van der Waals surface area contributed by atoms with Gasteiger partial charge in [0.1, 0.15) is 0 Å². The van der Waals surface area contributed by atoms with Crippen LogP contribution >= 0.6 is 0 Å². The molecule has 1 saturated heterocycles. The molecule has 78 valence electrons. The van der Waals surface area contributed by atoms with Crippen molar-refractivity contribution in [1.29, 1.82) is 0 Å². The normalized spacial score (nSPS) is 19.2. The highest BCUT2D eigenvalue weighted by Gasteiger charge is 2.24. The summed E-state index contributed by atoms with van der Waals surface area (Å²) >= 11 is 0. The third-order valence-corrected chi connectivity index (χ3v) is 1.97. The fraction of sp³-hybridized carbons (Fsp3) is 1.00. The highest BCUT2D eigenvalue weighted by molar-refractivity contribution is 4.77. The highest BCUT2D eigenvalue weighted by Crippen LogP contribution is 2.14. The summed E-state index contributed by atoms with van der Waals surface area (Å²) in [6.45, 7) is 10.9. The van der Waals surface area contributed by atoms with E-state index in [9.17, 15) is 0 Å². The monoisotopic (exact) mass is 187 g/mol. The summed E-state index contributed by atoms with van der Waals surface area (Å²) in [4.78, 5) is 0. The van der Waals surface area contributed by atoms with E-state index in [0.29, 0.717) is 12.7 Å². The Morgan fingerprint density at radius 3 is 2.38 bits per heavy atom. The van der Waals surface area contributed by atoms with Gasteiger partial charge in [-0.3, -0.25) is 0 Å². The van der Waals surface area contributed by atoms with Crippen molar-refractivity contribution in [3.05, 3.63) is 0 Å². The Morgan fingerprint density at radius 1 is 1.38 bits per heavy atom. The van der Waals surface area contributed by atoms with Crippen LogP contribution in [-0.2, 0) is 9.47 Å². The number of rotatable bonds is 5. The van der Waals surface area contributed by atoms with E-state index in [1.807, 2.05) is 13.8 Å². The molecular formula is C10H21NO2. The molecule has 1 heterocycles. The topological polar surface area (TPSA) is 30.5 Å². The van der Waals surface area contributed by atoms with Gasteiger partial charge in [-0.05, 0) is 27.7 Å². The molecule has 0 unspecified atom stereocenters. The summed E-state index contributed by atoms with van der Waals surface area (Å²) in [6, 6.07) is 0. The van der Waals surface area contributed by atoms with Crippen molar-refractivity contribution < 1.29 is 9.47 Å². The van der Waals surface area contributed by atoms with E-state index >= 15 is 0 Å². The fourth-order valence-corrected chi connectivity index (χ4v) is 1.37. The Labute approximate surface area is 80.8 Å². The van der Waals surface area contributed by atoms with Crippen molar-refractivity contribution in [1.82, 2.24) is 5.32 Å². The van der Waals surface area contributed by atoms with E-state index in [2.05, 4.69) is 19.2 Å². The van der Waals surface area contributed by atoms with E-state index in [4.69, 9.17) is 9.47 Å². The molecule has 13 heavy (non-hydrogen) atoms. The molecule has 0 aromatic rings. The van der Waals surface area contributed by atoms with Crippen LogP contribution in [0.4, 0.5) is 0 Å². The Balaban J connectivity index is 2.16. The van der Waals surface area contributed by atoms with Crippen molar-refractivity contribution in [3.63, 3.8) is 0 Å². The summed E-state index contributed by atoms with van der Waals surface area (Å²) in [5, 5.41) is 3.17. The zero-order valence-corrected chi connectivity index (χ0v) is 9.09. The van der Waals surface area contributed by atoms with E-state index < -0.39 is 0 Å². The Kier molecular flexibility index (Phi) is 3.71. The number of hydrogen-bond donors (Lipinski definition) is 1. The molecule has 3 nitrogen and oxygen atoms in total. The van der Waals surface area contributed by atoms with E-state index in [1.54, 1.807) is 0 Å². The van der Waals surface area contributed by atoms with Crippen LogP contribution in [0.2, 0.25) is 0 Å². The maximum atomic E-state index is 5.71. The van der Waals surface area contributed by atoms with Gasteiger partial charge in [-0.1, -0.05) is 0 Å². The molecule has 1 aliphatic rings. The lowest BCUT2D eigenvalue weighted by molar-refractivity contribution is -0.122. The second kappa shape index (κ2) is 4.40. The second-order valence-electron chi connectivity index (χ2n) is 4.52. The van der Waals surface area contributed by atoms with Crippen LogP contribution in [0.1, 0.15) is 27.7 Å². The first kappa shape index (κ1) is 11.0. The van der Waals surface area contributed by atoms with E-state index in [1.165, 1.54) is 0 Å². The van der Waals surface area contributed by atoms with Crippen molar-refractivity contribution in [2.45, 2.75) is 45.5 Å². The largest absolute Gasteiger partial charge is 0.373 e. The minimum Gasteiger partial charge on any atom is -0.373 e. The van der Waals surface area contributed by atoms with Gasteiger partial charge in [-0.25, -0.2) is 0 Å². The summed E-state index contributed by atoms with van der Waals surface area (Å²) in [7, 11) is 0. The molecule has 3 heteroatoms. The first-order valence-corrected chi connectivity index (χ1v) is 5.00. The van der Waals surface area contributed by atoms with Gasteiger partial charge < -0.3 is 14.8 Å². The molecule has 0 bridgehead atoms. The standard InChI is InChI=1S/C10H21NO2/c1-8(2)13-10(3,4)7-12-9-5-11-6-9/h8-9,11H,5-7H2,1-4H3. The molecule has 0 aromatic heterocycles. The summed E-state index contributed by atoms with van der Waals surface area (Å²) in [5.41, 5.74) is -0.163. The van der Waals surface area contributed by atoms with Crippen LogP contribution in [0.5, 0.6) is 0 Å². The summed E-state index contributed by atoms with van der Waals surface area (Å²) in [5.74, 6) is 0. The fourth-order valence-electron chi connectivity index (χ4n) is 1.37. The number of nitrogens with one attached hydrogen (secondary N) is 1. The van der Waals surface area contributed by atoms with Crippen LogP contribution in [-0.4, -0.2) is 37.5 Å².